The lowest BCUT2D eigenvalue weighted by atomic mass is 10.1. The van der Waals surface area contributed by atoms with Crippen molar-refractivity contribution < 1.29 is 9.53 Å². The van der Waals surface area contributed by atoms with Crippen LogP contribution in [0.4, 0.5) is 11.4 Å². The summed E-state index contributed by atoms with van der Waals surface area (Å²) in [6.45, 7) is 7.65. The number of hydrogen-bond acceptors (Lipinski definition) is 4. The van der Waals surface area contributed by atoms with Crippen LogP contribution in [-0.2, 0) is 9.53 Å². The van der Waals surface area contributed by atoms with Crippen molar-refractivity contribution in [2.24, 2.45) is 0 Å². The van der Waals surface area contributed by atoms with Crippen molar-refractivity contribution in [1.82, 2.24) is 5.32 Å². The third-order valence-corrected chi connectivity index (χ3v) is 3.45. The quantitative estimate of drug-likeness (QED) is 0.817. The lowest BCUT2D eigenvalue weighted by Crippen LogP contribution is -2.55. The minimum atomic E-state index is -0.283. The number of nitrogen functional groups attached to an aromatic ring is 1. The van der Waals surface area contributed by atoms with Gasteiger partial charge in [0.1, 0.15) is 6.04 Å². The van der Waals surface area contributed by atoms with Crippen LogP contribution >= 0.6 is 0 Å². The summed E-state index contributed by atoms with van der Waals surface area (Å²) in [4.78, 5) is 14.4. The third-order valence-electron chi connectivity index (χ3n) is 3.45. The van der Waals surface area contributed by atoms with E-state index in [-0.39, 0.29) is 18.0 Å². The highest BCUT2D eigenvalue weighted by Gasteiger charge is 2.30. The first-order valence-electron chi connectivity index (χ1n) is 7.00. The summed E-state index contributed by atoms with van der Waals surface area (Å²) in [5, 5.41) is 2.95. The molecule has 2 rings (SSSR count). The molecule has 1 aromatic rings. The molecule has 0 saturated carbocycles. The molecule has 1 aromatic carbocycles. The molecule has 0 spiro atoms. The summed E-state index contributed by atoms with van der Waals surface area (Å²) in [5.74, 6) is 0.00850. The number of nitrogens with zero attached hydrogens (tertiary/aromatic N) is 1. The zero-order valence-electron chi connectivity index (χ0n) is 12.3. The fourth-order valence-corrected chi connectivity index (χ4v) is 2.35. The van der Waals surface area contributed by atoms with E-state index < -0.39 is 0 Å². The van der Waals surface area contributed by atoms with Crippen LogP contribution in [0.1, 0.15) is 19.4 Å². The zero-order valence-corrected chi connectivity index (χ0v) is 12.3. The number of aryl methyl sites for hydroxylation is 1. The second-order valence-corrected chi connectivity index (χ2v) is 5.49. The second-order valence-electron chi connectivity index (χ2n) is 5.49. The number of hydrogen-bond donors (Lipinski definition) is 2. The first-order valence-corrected chi connectivity index (χ1v) is 7.00. The van der Waals surface area contributed by atoms with Gasteiger partial charge in [-0.2, -0.15) is 0 Å². The second kappa shape index (κ2) is 6.13. The Morgan fingerprint density at radius 3 is 2.90 bits per heavy atom. The van der Waals surface area contributed by atoms with E-state index in [9.17, 15) is 4.79 Å². The number of amides is 1. The Bertz CT molecular complexity index is 488. The van der Waals surface area contributed by atoms with Crippen molar-refractivity contribution in [3.8, 4) is 0 Å². The van der Waals surface area contributed by atoms with Gasteiger partial charge in [0.2, 0.25) is 5.91 Å². The smallest absolute Gasteiger partial charge is 0.245 e. The molecule has 1 fully saturated rings. The summed E-state index contributed by atoms with van der Waals surface area (Å²) < 4.78 is 5.46. The van der Waals surface area contributed by atoms with Gasteiger partial charge in [-0.15, -0.1) is 0 Å². The molecule has 1 aliphatic heterocycles. The summed E-state index contributed by atoms with van der Waals surface area (Å²) in [6, 6.07) is 5.71. The molecule has 3 N–H and O–H groups in total. The van der Waals surface area contributed by atoms with E-state index in [2.05, 4.69) is 10.2 Å². The van der Waals surface area contributed by atoms with E-state index in [1.807, 2.05) is 39.0 Å². The van der Waals surface area contributed by atoms with Crippen molar-refractivity contribution in [2.45, 2.75) is 32.9 Å². The molecule has 1 unspecified atom stereocenters. The van der Waals surface area contributed by atoms with E-state index in [0.717, 1.165) is 16.9 Å². The molecule has 0 bridgehead atoms. The van der Waals surface area contributed by atoms with E-state index in [1.165, 1.54) is 0 Å². The molecule has 0 aliphatic carbocycles. The minimum absolute atomic E-state index is 0.00850. The topological polar surface area (TPSA) is 67.6 Å². The van der Waals surface area contributed by atoms with Crippen LogP contribution in [0.2, 0.25) is 0 Å². The molecule has 1 aliphatic rings. The molecule has 5 nitrogen and oxygen atoms in total. The predicted octanol–water partition coefficient (Wildman–Crippen LogP) is 1.31. The lowest BCUT2D eigenvalue weighted by Gasteiger charge is -2.37. The van der Waals surface area contributed by atoms with Crippen LogP contribution in [0.25, 0.3) is 0 Å². The number of ether oxygens (including phenoxy) is 1. The maximum Gasteiger partial charge on any atom is 0.245 e. The molecule has 1 heterocycles. The Kier molecular flexibility index (Phi) is 4.49. The molecule has 110 valence electrons. The maximum absolute atomic E-state index is 12.3. The average molecular weight is 277 g/mol. The predicted molar refractivity (Wildman–Crippen MR) is 80.8 cm³/mol. The maximum atomic E-state index is 12.3. The van der Waals surface area contributed by atoms with Crippen LogP contribution in [0, 0.1) is 6.92 Å². The Hall–Kier alpha value is -1.75. The molecular formula is C15H23N3O2. The van der Waals surface area contributed by atoms with E-state index in [4.69, 9.17) is 10.5 Å². The van der Waals surface area contributed by atoms with Gasteiger partial charge in [0.15, 0.2) is 0 Å². The first kappa shape index (κ1) is 14.7. The molecule has 5 heteroatoms. The normalized spacial score (nSPS) is 19.2. The number of carbonyl (C=O) groups excluding carboxylic acids is 1. The molecule has 1 saturated heterocycles. The first-order chi connectivity index (χ1) is 9.49. The number of nitrogens with two attached hydrogens (primary N) is 1. The van der Waals surface area contributed by atoms with Crippen LogP contribution < -0.4 is 16.0 Å². The molecule has 0 radical (unpaired) electrons. The van der Waals surface area contributed by atoms with Crippen molar-refractivity contribution in [3.05, 3.63) is 23.8 Å². The fourth-order valence-electron chi connectivity index (χ4n) is 2.35. The highest BCUT2D eigenvalue weighted by molar-refractivity contribution is 5.86. The van der Waals surface area contributed by atoms with E-state index in [1.54, 1.807) is 0 Å². The Balaban J connectivity index is 2.21. The van der Waals surface area contributed by atoms with Crippen molar-refractivity contribution in [3.63, 3.8) is 0 Å². The SMILES string of the molecule is Cc1cc(N2CCOCC2C(=O)NC(C)C)ccc1N. The van der Waals surface area contributed by atoms with Gasteiger partial charge in [0.25, 0.3) is 0 Å². The van der Waals surface area contributed by atoms with Gasteiger partial charge in [0, 0.05) is 24.0 Å². The highest BCUT2D eigenvalue weighted by Crippen LogP contribution is 2.24. The Labute approximate surface area is 120 Å². The Morgan fingerprint density at radius 1 is 1.50 bits per heavy atom. The van der Waals surface area contributed by atoms with Gasteiger partial charge < -0.3 is 20.7 Å². The van der Waals surface area contributed by atoms with Gasteiger partial charge in [-0.3, -0.25) is 4.79 Å². The third kappa shape index (κ3) is 3.22. The highest BCUT2D eigenvalue weighted by atomic mass is 16.5. The van der Waals surface area contributed by atoms with Gasteiger partial charge in [-0.1, -0.05) is 0 Å². The number of nitrogens with one attached hydrogen (secondary N) is 1. The van der Waals surface area contributed by atoms with Crippen LogP contribution in [0.5, 0.6) is 0 Å². The Morgan fingerprint density at radius 2 is 2.25 bits per heavy atom. The number of carbonyl (C=O) groups is 1. The number of benzene rings is 1. The van der Waals surface area contributed by atoms with Gasteiger partial charge in [-0.25, -0.2) is 0 Å². The van der Waals surface area contributed by atoms with Gasteiger partial charge in [0.05, 0.1) is 13.2 Å². The summed E-state index contributed by atoms with van der Waals surface area (Å²) in [5.41, 5.74) is 8.67. The standard InChI is InChI=1S/C15H23N3O2/c1-10(2)17-15(19)14-9-20-7-6-18(14)12-4-5-13(16)11(3)8-12/h4-5,8,10,14H,6-7,9,16H2,1-3H3,(H,17,19). The zero-order chi connectivity index (χ0) is 14.7. The van der Waals surface area contributed by atoms with Crippen LogP contribution in [0.15, 0.2) is 18.2 Å². The molecule has 0 aromatic heterocycles. The van der Waals surface area contributed by atoms with Crippen LogP contribution in [0.3, 0.4) is 0 Å². The van der Waals surface area contributed by atoms with Gasteiger partial charge in [-0.05, 0) is 44.5 Å². The molecule has 1 amide bonds. The summed E-state index contributed by atoms with van der Waals surface area (Å²) in [6.07, 6.45) is 0. The van der Waals surface area contributed by atoms with Crippen molar-refractivity contribution in [1.29, 1.82) is 0 Å². The van der Waals surface area contributed by atoms with Crippen LogP contribution in [-0.4, -0.2) is 37.7 Å². The number of morpholine rings is 1. The van der Waals surface area contributed by atoms with Crippen molar-refractivity contribution in [2.75, 3.05) is 30.4 Å². The number of anilines is 2. The molecular weight excluding hydrogens is 254 g/mol. The fraction of sp³-hybridized carbons (Fsp3) is 0.533. The van der Waals surface area contributed by atoms with E-state index in [0.29, 0.717) is 19.8 Å². The van der Waals surface area contributed by atoms with Crippen molar-refractivity contribution >= 4 is 17.3 Å². The average Bonchev–Trinajstić information content (AvgIpc) is 2.41. The largest absolute Gasteiger partial charge is 0.399 e. The summed E-state index contributed by atoms with van der Waals surface area (Å²) >= 11 is 0. The van der Waals surface area contributed by atoms with E-state index >= 15 is 0 Å². The molecule has 20 heavy (non-hydrogen) atoms. The number of rotatable bonds is 3. The molecule has 1 atom stereocenters. The van der Waals surface area contributed by atoms with Gasteiger partial charge >= 0.3 is 0 Å². The minimum Gasteiger partial charge on any atom is -0.399 e. The monoisotopic (exact) mass is 277 g/mol. The lowest BCUT2D eigenvalue weighted by molar-refractivity contribution is -0.125. The summed E-state index contributed by atoms with van der Waals surface area (Å²) in [7, 11) is 0.